The van der Waals surface area contributed by atoms with Gasteiger partial charge < -0.3 is 4.74 Å². The van der Waals surface area contributed by atoms with E-state index < -0.39 is 16.6 Å². The van der Waals surface area contributed by atoms with Crippen LogP contribution in [0.5, 0.6) is 0 Å². The maximum Gasteiger partial charge on any atom is 0.139 e. The van der Waals surface area contributed by atoms with Gasteiger partial charge >= 0.3 is 0 Å². The lowest BCUT2D eigenvalue weighted by Gasteiger charge is -2.07. The Morgan fingerprint density at radius 2 is 2.21 bits per heavy atom. The molecule has 1 aromatic carbocycles. The average molecular weight is 214 g/mol. The highest BCUT2D eigenvalue weighted by Gasteiger charge is 2.24. The van der Waals surface area contributed by atoms with Gasteiger partial charge in [-0.25, -0.2) is 4.39 Å². The molecule has 1 heterocycles. The minimum atomic E-state index is -1.27. The minimum absolute atomic E-state index is 0.0492. The van der Waals surface area contributed by atoms with E-state index in [2.05, 4.69) is 0 Å². The standard InChI is InChI=1S/C10H11FO2S/c11-9-3-1-2-4-10(9)14(12)8-5-6-13-7-8/h1-4,8H,5-7H2. The van der Waals surface area contributed by atoms with Gasteiger partial charge in [0.1, 0.15) is 5.82 Å². The topological polar surface area (TPSA) is 26.3 Å². The highest BCUT2D eigenvalue weighted by atomic mass is 32.2. The summed E-state index contributed by atoms with van der Waals surface area (Å²) in [4.78, 5) is 0.294. The summed E-state index contributed by atoms with van der Waals surface area (Å²) >= 11 is 0. The van der Waals surface area contributed by atoms with E-state index >= 15 is 0 Å². The maximum absolute atomic E-state index is 13.3. The number of ether oxygens (including phenoxy) is 1. The van der Waals surface area contributed by atoms with E-state index in [0.717, 1.165) is 6.42 Å². The molecule has 0 radical (unpaired) electrons. The SMILES string of the molecule is O=S(c1ccccc1F)C1CCOC1. The summed E-state index contributed by atoms with van der Waals surface area (Å²) in [7, 11) is -1.27. The number of hydrogen-bond donors (Lipinski definition) is 0. The highest BCUT2D eigenvalue weighted by molar-refractivity contribution is 7.85. The van der Waals surface area contributed by atoms with E-state index in [1.54, 1.807) is 18.2 Å². The molecule has 2 rings (SSSR count). The molecule has 4 heteroatoms. The van der Waals surface area contributed by atoms with Crippen LogP contribution in [-0.4, -0.2) is 22.7 Å². The fourth-order valence-corrected chi connectivity index (χ4v) is 2.83. The molecule has 1 aliphatic rings. The summed E-state index contributed by atoms with van der Waals surface area (Å²) in [5.41, 5.74) is 0. The van der Waals surface area contributed by atoms with E-state index in [4.69, 9.17) is 4.74 Å². The van der Waals surface area contributed by atoms with Gasteiger partial charge in [-0.05, 0) is 18.6 Å². The molecule has 14 heavy (non-hydrogen) atoms. The molecule has 1 aromatic rings. The van der Waals surface area contributed by atoms with Crippen molar-refractivity contribution >= 4 is 10.8 Å². The Labute approximate surface area is 84.5 Å². The van der Waals surface area contributed by atoms with Crippen LogP contribution in [0.25, 0.3) is 0 Å². The lowest BCUT2D eigenvalue weighted by molar-refractivity contribution is 0.199. The third kappa shape index (κ3) is 1.86. The van der Waals surface area contributed by atoms with E-state index in [1.165, 1.54) is 6.07 Å². The second-order valence-electron chi connectivity index (χ2n) is 3.21. The van der Waals surface area contributed by atoms with Crippen LogP contribution in [0, 0.1) is 5.82 Å². The third-order valence-electron chi connectivity index (χ3n) is 2.24. The lowest BCUT2D eigenvalue weighted by atomic mass is 10.3. The predicted octanol–water partition coefficient (Wildman–Crippen LogP) is 1.72. The molecule has 2 nitrogen and oxygen atoms in total. The lowest BCUT2D eigenvalue weighted by Crippen LogP contribution is -2.15. The molecule has 2 atom stereocenters. The minimum Gasteiger partial charge on any atom is -0.380 e. The molecule has 0 saturated carbocycles. The maximum atomic E-state index is 13.3. The molecule has 1 saturated heterocycles. The van der Waals surface area contributed by atoms with Crippen molar-refractivity contribution in [1.29, 1.82) is 0 Å². The van der Waals surface area contributed by atoms with Crippen LogP contribution in [0.4, 0.5) is 4.39 Å². The normalized spacial score (nSPS) is 23.6. The number of benzene rings is 1. The monoisotopic (exact) mass is 214 g/mol. The quantitative estimate of drug-likeness (QED) is 0.749. The van der Waals surface area contributed by atoms with E-state index in [0.29, 0.717) is 18.1 Å². The Balaban J connectivity index is 2.22. The van der Waals surface area contributed by atoms with Gasteiger partial charge in [0.15, 0.2) is 0 Å². The fraction of sp³-hybridized carbons (Fsp3) is 0.400. The fourth-order valence-electron chi connectivity index (χ4n) is 1.47. The van der Waals surface area contributed by atoms with Crippen molar-refractivity contribution in [3.8, 4) is 0 Å². The van der Waals surface area contributed by atoms with Crippen molar-refractivity contribution in [2.45, 2.75) is 16.6 Å². The summed E-state index contributed by atoms with van der Waals surface area (Å²) in [6.07, 6.45) is 0.751. The van der Waals surface area contributed by atoms with Gasteiger partial charge in [0.05, 0.1) is 27.6 Å². The Hall–Kier alpha value is -0.740. The molecule has 0 bridgehead atoms. The van der Waals surface area contributed by atoms with E-state index in [9.17, 15) is 8.60 Å². The van der Waals surface area contributed by atoms with E-state index in [-0.39, 0.29) is 5.25 Å². The Bertz CT molecular complexity index is 348. The zero-order chi connectivity index (χ0) is 9.97. The van der Waals surface area contributed by atoms with Gasteiger partial charge in [-0.2, -0.15) is 0 Å². The van der Waals surface area contributed by atoms with Crippen molar-refractivity contribution in [2.75, 3.05) is 13.2 Å². The summed E-state index contributed by atoms with van der Waals surface area (Å²) in [5.74, 6) is -0.391. The third-order valence-corrected chi connectivity index (χ3v) is 3.99. The predicted molar refractivity (Wildman–Crippen MR) is 52.0 cm³/mol. The Morgan fingerprint density at radius 1 is 1.43 bits per heavy atom. The van der Waals surface area contributed by atoms with Gasteiger partial charge in [-0.1, -0.05) is 12.1 Å². The molecule has 76 valence electrons. The molecule has 0 N–H and O–H groups in total. The first-order valence-corrected chi connectivity index (χ1v) is 5.73. The Kier molecular flexibility index (Phi) is 2.93. The van der Waals surface area contributed by atoms with Gasteiger partial charge in [0, 0.05) is 6.61 Å². The van der Waals surface area contributed by atoms with E-state index in [1.807, 2.05) is 0 Å². The summed E-state index contributed by atoms with van der Waals surface area (Å²) in [6.45, 7) is 1.10. The zero-order valence-electron chi connectivity index (χ0n) is 7.61. The molecule has 0 spiro atoms. The smallest absolute Gasteiger partial charge is 0.139 e. The summed E-state index contributed by atoms with van der Waals surface area (Å²) in [6, 6.07) is 6.21. The molecule has 0 aliphatic carbocycles. The molecule has 1 aliphatic heterocycles. The molecule has 0 aromatic heterocycles. The van der Waals surface area contributed by atoms with Crippen LogP contribution in [0.1, 0.15) is 6.42 Å². The van der Waals surface area contributed by atoms with Crippen molar-refractivity contribution < 1.29 is 13.3 Å². The molecule has 0 amide bonds. The Morgan fingerprint density at radius 3 is 2.86 bits per heavy atom. The van der Waals surface area contributed by atoms with Crippen LogP contribution >= 0.6 is 0 Å². The number of halogens is 1. The van der Waals surface area contributed by atoms with Crippen molar-refractivity contribution in [1.82, 2.24) is 0 Å². The average Bonchev–Trinajstić information content (AvgIpc) is 2.70. The molecule has 2 unspecified atom stereocenters. The van der Waals surface area contributed by atoms with Crippen LogP contribution < -0.4 is 0 Å². The summed E-state index contributed by atoms with van der Waals surface area (Å²) < 4.78 is 30.2. The van der Waals surface area contributed by atoms with Crippen molar-refractivity contribution in [3.63, 3.8) is 0 Å². The van der Waals surface area contributed by atoms with Gasteiger partial charge in [-0.3, -0.25) is 4.21 Å². The van der Waals surface area contributed by atoms with Crippen LogP contribution in [0.3, 0.4) is 0 Å². The van der Waals surface area contributed by atoms with Gasteiger partial charge in [-0.15, -0.1) is 0 Å². The first-order valence-electron chi connectivity index (χ1n) is 4.52. The first-order chi connectivity index (χ1) is 6.79. The molecule has 1 fully saturated rings. The second kappa shape index (κ2) is 4.19. The van der Waals surface area contributed by atoms with Crippen molar-refractivity contribution in [3.05, 3.63) is 30.1 Å². The molecular formula is C10H11FO2S. The molecular weight excluding hydrogens is 203 g/mol. The van der Waals surface area contributed by atoms with Gasteiger partial charge in [0.25, 0.3) is 0 Å². The first kappa shape index (κ1) is 9.80. The highest BCUT2D eigenvalue weighted by Crippen LogP contribution is 2.20. The van der Waals surface area contributed by atoms with Gasteiger partial charge in [0.2, 0.25) is 0 Å². The van der Waals surface area contributed by atoms with Crippen LogP contribution in [0.2, 0.25) is 0 Å². The zero-order valence-corrected chi connectivity index (χ0v) is 8.43. The number of rotatable bonds is 2. The largest absolute Gasteiger partial charge is 0.380 e. The van der Waals surface area contributed by atoms with Crippen LogP contribution in [-0.2, 0) is 15.5 Å². The van der Waals surface area contributed by atoms with Crippen LogP contribution in [0.15, 0.2) is 29.2 Å². The summed E-state index contributed by atoms with van der Waals surface area (Å²) in [5, 5.41) is -0.0492. The number of hydrogen-bond acceptors (Lipinski definition) is 2. The second-order valence-corrected chi connectivity index (χ2v) is 4.91. The van der Waals surface area contributed by atoms with Crippen molar-refractivity contribution in [2.24, 2.45) is 0 Å².